The van der Waals surface area contributed by atoms with E-state index in [9.17, 15) is 0 Å². The largest absolute Gasteiger partial charge is 0.325 e. The normalized spacial score (nSPS) is 10.9. The fourth-order valence-electron chi connectivity index (χ4n) is 1.57. The van der Waals surface area contributed by atoms with Crippen molar-refractivity contribution in [3.63, 3.8) is 0 Å². The first-order valence-electron chi connectivity index (χ1n) is 5.27. The molecule has 0 aliphatic carbocycles. The van der Waals surface area contributed by atoms with Crippen LogP contribution < -0.4 is 11.5 Å². The quantitative estimate of drug-likeness (QED) is 0.711. The summed E-state index contributed by atoms with van der Waals surface area (Å²) in [6, 6.07) is 16.2. The molecule has 6 N–H and O–H groups in total. The predicted molar refractivity (Wildman–Crippen MR) is 66.9 cm³/mol. The van der Waals surface area contributed by atoms with Crippen molar-refractivity contribution in [2.75, 3.05) is 0 Å². The first-order valence-corrected chi connectivity index (χ1v) is 5.27. The molecule has 2 aromatic carbocycles. The van der Waals surface area contributed by atoms with Crippen LogP contribution in [-0.4, -0.2) is 0 Å². The van der Waals surface area contributed by atoms with Gasteiger partial charge in [0.2, 0.25) is 0 Å². The molecule has 0 saturated carbocycles. The molecule has 80 valence electrons. The van der Waals surface area contributed by atoms with E-state index in [1.807, 2.05) is 36.4 Å². The zero-order valence-electron chi connectivity index (χ0n) is 9.19. The van der Waals surface area contributed by atoms with Crippen LogP contribution in [0.1, 0.15) is 11.1 Å². The van der Waals surface area contributed by atoms with Gasteiger partial charge in [-0.05, 0) is 36.4 Å². The van der Waals surface area contributed by atoms with E-state index in [1.165, 1.54) is 0 Å². The standard InChI is InChI=1S/C14H14N2/c15-13-7-3-1-5-11(13)9-10-12-6-2-4-8-14(12)16/h1-10H,15-16H2/p+2. The molecular weight excluding hydrogens is 196 g/mol. The highest BCUT2D eigenvalue weighted by Crippen LogP contribution is 2.16. The molecule has 2 aromatic rings. The van der Waals surface area contributed by atoms with Gasteiger partial charge >= 0.3 is 0 Å². The summed E-state index contributed by atoms with van der Waals surface area (Å²) in [6.07, 6.45) is 4.15. The van der Waals surface area contributed by atoms with Crippen molar-refractivity contribution in [3.8, 4) is 0 Å². The van der Waals surface area contributed by atoms with Crippen LogP contribution in [0.25, 0.3) is 12.2 Å². The van der Waals surface area contributed by atoms with Crippen molar-refractivity contribution in [2.45, 2.75) is 0 Å². The Morgan fingerprint density at radius 1 is 0.625 bits per heavy atom. The molecule has 2 heteroatoms. The lowest BCUT2D eigenvalue weighted by atomic mass is 10.1. The van der Waals surface area contributed by atoms with E-state index in [0.29, 0.717) is 0 Å². The third-order valence-electron chi connectivity index (χ3n) is 2.55. The molecular formula is C14H16N2+2. The Labute approximate surface area is 95.2 Å². The van der Waals surface area contributed by atoms with Crippen molar-refractivity contribution in [2.24, 2.45) is 0 Å². The van der Waals surface area contributed by atoms with Crippen LogP contribution in [0.2, 0.25) is 0 Å². The van der Waals surface area contributed by atoms with Gasteiger partial charge in [-0.1, -0.05) is 24.3 Å². The van der Waals surface area contributed by atoms with Gasteiger partial charge in [0.1, 0.15) is 11.4 Å². The summed E-state index contributed by atoms with van der Waals surface area (Å²) in [7, 11) is 0. The number of rotatable bonds is 2. The minimum Gasteiger partial charge on any atom is -0.325 e. The molecule has 0 saturated heterocycles. The maximum absolute atomic E-state index is 3.99. The highest BCUT2D eigenvalue weighted by Gasteiger charge is 1.98. The SMILES string of the molecule is [NH3+]c1ccccc1C=Cc1ccccc1[NH3+]. The molecule has 0 spiro atoms. The summed E-state index contributed by atoms with van der Waals surface area (Å²) in [5, 5.41) is 0. The molecule has 0 aliphatic heterocycles. The van der Waals surface area contributed by atoms with Crippen molar-refractivity contribution < 1.29 is 11.5 Å². The van der Waals surface area contributed by atoms with Crippen molar-refractivity contribution in [1.29, 1.82) is 0 Å². The lowest BCUT2D eigenvalue weighted by Gasteiger charge is -1.96. The highest BCUT2D eigenvalue weighted by atomic mass is 14.6. The molecule has 2 rings (SSSR count). The summed E-state index contributed by atoms with van der Waals surface area (Å²) in [5.41, 5.74) is 12.3. The van der Waals surface area contributed by atoms with Gasteiger partial charge in [0.15, 0.2) is 0 Å². The molecule has 16 heavy (non-hydrogen) atoms. The number of hydrogen-bond acceptors (Lipinski definition) is 0. The van der Waals surface area contributed by atoms with Gasteiger partial charge in [0, 0.05) is 11.1 Å². The van der Waals surface area contributed by atoms with E-state index >= 15 is 0 Å². The zero-order valence-corrected chi connectivity index (χ0v) is 9.19. The van der Waals surface area contributed by atoms with Gasteiger partial charge in [0.25, 0.3) is 0 Å². The first-order chi connectivity index (χ1) is 7.77. The van der Waals surface area contributed by atoms with Gasteiger partial charge < -0.3 is 11.5 Å². The van der Waals surface area contributed by atoms with Gasteiger partial charge in [-0.15, -0.1) is 0 Å². The molecule has 0 radical (unpaired) electrons. The van der Waals surface area contributed by atoms with Crippen molar-refractivity contribution in [1.82, 2.24) is 0 Å². The molecule has 0 atom stereocenters. The van der Waals surface area contributed by atoms with Crippen molar-refractivity contribution >= 4 is 23.5 Å². The lowest BCUT2D eigenvalue weighted by molar-refractivity contribution is -0.255. The second kappa shape index (κ2) is 4.75. The number of hydrogen-bond donors (Lipinski definition) is 2. The Hall–Kier alpha value is -1.90. The maximum atomic E-state index is 3.99. The van der Waals surface area contributed by atoms with Gasteiger partial charge in [-0.25, -0.2) is 0 Å². The second-order valence-corrected chi connectivity index (χ2v) is 3.73. The number of benzene rings is 2. The summed E-state index contributed by atoms with van der Waals surface area (Å²) < 4.78 is 0. The van der Waals surface area contributed by atoms with Crippen LogP contribution in [0.3, 0.4) is 0 Å². The smallest absolute Gasteiger partial charge is 0.135 e. The third kappa shape index (κ3) is 2.37. The third-order valence-corrected chi connectivity index (χ3v) is 2.55. The van der Waals surface area contributed by atoms with E-state index in [1.54, 1.807) is 0 Å². The van der Waals surface area contributed by atoms with Gasteiger partial charge in [0.05, 0.1) is 0 Å². The minimum atomic E-state index is 1.04. The highest BCUT2D eigenvalue weighted by molar-refractivity contribution is 5.76. The van der Waals surface area contributed by atoms with E-state index in [-0.39, 0.29) is 0 Å². The fraction of sp³-hybridized carbons (Fsp3) is 0. The Bertz CT molecular complexity index is 468. The lowest BCUT2D eigenvalue weighted by Crippen LogP contribution is -2.41. The average Bonchev–Trinajstić information content (AvgIpc) is 2.30. The molecule has 0 bridgehead atoms. The molecule has 0 fully saturated rings. The van der Waals surface area contributed by atoms with Crippen LogP contribution in [0.15, 0.2) is 48.5 Å². The molecule has 0 unspecified atom stereocenters. The Morgan fingerprint density at radius 3 is 1.38 bits per heavy atom. The molecule has 0 amide bonds. The maximum Gasteiger partial charge on any atom is 0.135 e. The Kier molecular flexibility index (Phi) is 3.15. The van der Waals surface area contributed by atoms with Crippen LogP contribution in [-0.2, 0) is 0 Å². The average molecular weight is 212 g/mol. The van der Waals surface area contributed by atoms with Crippen LogP contribution in [0.4, 0.5) is 11.4 Å². The van der Waals surface area contributed by atoms with Crippen LogP contribution in [0, 0.1) is 0 Å². The predicted octanol–water partition coefficient (Wildman–Crippen LogP) is 1.60. The van der Waals surface area contributed by atoms with E-state index < -0.39 is 0 Å². The fourth-order valence-corrected chi connectivity index (χ4v) is 1.57. The topological polar surface area (TPSA) is 55.3 Å². The van der Waals surface area contributed by atoms with E-state index in [4.69, 9.17) is 0 Å². The van der Waals surface area contributed by atoms with Gasteiger partial charge in [-0.3, -0.25) is 0 Å². The van der Waals surface area contributed by atoms with Crippen molar-refractivity contribution in [3.05, 3.63) is 59.7 Å². The monoisotopic (exact) mass is 212 g/mol. The second-order valence-electron chi connectivity index (χ2n) is 3.73. The summed E-state index contributed by atoms with van der Waals surface area (Å²) in [5.74, 6) is 0. The van der Waals surface area contributed by atoms with Crippen LogP contribution >= 0.6 is 0 Å². The summed E-state index contributed by atoms with van der Waals surface area (Å²) in [6.45, 7) is 0. The Balaban J connectivity index is 2.29. The van der Waals surface area contributed by atoms with Crippen LogP contribution in [0.5, 0.6) is 0 Å². The Morgan fingerprint density at radius 2 is 1.00 bits per heavy atom. The summed E-state index contributed by atoms with van der Waals surface area (Å²) >= 11 is 0. The first kappa shape index (κ1) is 10.6. The molecule has 0 heterocycles. The minimum absolute atomic E-state index is 1.04. The molecule has 2 nitrogen and oxygen atoms in total. The molecule has 0 aromatic heterocycles. The number of quaternary nitrogens is 2. The van der Waals surface area contributed by atoms with Gasteiger partial charge in [-0.2, -0.15) is 0 Å². The van der Waals surface area contributed by atoms with E-state index in [2.05, 4.69) is 35.8 Å². The summed E-state index contributed by atoms with van der Waals surface area (Å²) in [4.78, 5) is 0. The van der Waals surface area contributed by atoms with E-state index in [0.717, 1.165) is 22.5 Å². The zero-order chi connectivity index (χ0) is 11.4. The molecule has 0 aliphatic rings.